The third-order valence-corrected chi connectivity index (χ3v) is 6.77. The maximum Gasteiger partial charge on any atom is 0.262 e. The molecule has 0 amide bonds. The van der Waals surface area contributed by atoms with Crippen molar-refractivity contribution in [2.75, 3.05) is 7.11 Å². The molecule has 0 fully saturated rings. The van der Waals surface area contributed by atoms with Gasteiger partial charge < -0.3 is 4.74 Å². The number of halogens is 1. The summed E-state index contributed by atoms with van der Waals surface area (Å²) < 4.78 is 20.4. The van der Waals surface area contributed by atoms with Gasteiger partial charge in [-0.1, -0.05) is 11.8 Å². The lowest BCUT2D eigenvalue weighted by Gasteiger charge is -2.10. The van der Waals surface area contributed by atoms with Crippen molar-refractivity contribution in [3.05, 3.63) is 50.4 Å². The first kappa shape index (κ1) is 16.6. The monoisotopic (exact) mass is 376 g/mol. The third kappa shape index (κ3) is 2.85. The largest absolute Gasteiger partial charge is 0.496 e. The molecule has 4 nitrogen and oxygen atoms in total. The highest BCUT2D eigenvalue weighted by Gasteiger charge is 2.22. The summed E-state index contributed by atoms with van der Waals surface area (Å²) in [6.45, 7) is 0. The Bertz CT molecular complexity index is 1030. The van der Waals surface area contributed by atoms with Gasteiger partial charge in [0.25, 0.3) is 5.56 Å². The number of aromatic nitrogens is 2. The predicted octanol–water partition coefficient (Wildman–Crippen LogP) is 3.92. The number of hydrogen-bond acceptors (Lipinski definition) is 5. The fraction of sp³-hybridized carbons (Fsp3) is 0.333. The quantitative estimate of drug-likeness (QED) is 0.511. The van der Waals surface area contributed by atoms with E-state index in [0.717, 1.165) is 35.0 Å². The highest BCUT2D eigenvalue weighted by atomic mass is 32.2. The minimum absolute atomic E-state index is 0.0121. The zero-order valence-electron chi connectivity index (χ0n) is 14.0. The Balaban J connectivity index is 1.70. The van der Waals surface area contributed by atoms with E-state index in [1.54, 1.807) is 36.1 Å². The van der Waals surface area contributed by atoms with Gasteiger partial charge in [-0.05, 0) is 43.0 Å². The molecule has 4 rings (SSSR count). The topological polar surface area (TPSA) is 44.1 Å². The molecule has 7 heteroatoms. The number of benzene rings is 1. The van der Waals surface area contributed by atoms with Crippen molar-refractivity contribution in [1.29, 1.82) is 0 Å². The molecule has 0 saturated heterocycles. The molecule has 0 atom stereocenters. The van der Waals surface area contributed by atoms with Gasteiger partial charge in [0.1, 0.15) is 16.4 Å². The van der Waals surface area contributed by atoms with Gasteiger partial charge in [0.15, 0.2) is 5.16 Å². The molecule has 1 aromatic carbocycles. The van der Waals surface area contributed by atoms with Crippen molar-refractivity contribution in [2.24, 2.45) is 7.05 Å². The summed E-state index contributed by atoms with van der Waals surface area (Å²) in [6.07, 6.45) is 3.14. The molecule has 25 heavy (non-hydrogen) atoms. The summed E-state index contributed by atoms with van der Waals surface area (Å²) in [6, 6.07) is 4.45. The van der Waals surface area contributed by atoms with Gasteiger partial charge in [-0.3, -0.25) is 9.36 Å². The van der Waals surface area contributed by atoms with Crippen LogP contribution in [0.4, 0.5) is 4.39 Å². The van der Waals surface area contributed by atoms with Gasteiger partial charge in [0.2, 0.25) is 0 Å². The molecule has 0 bridgehead atoms. The summed E-state index contributed by atoms with van der Waals surface area (Å²) >= 11 is 3.05. The average molecular weight is 376 g/mol. The number of thioether (sulfide) groups is 1. The predicted molar refractivity (Wildman–Crippen MR) is 99.4 cm³/mol. The molecule has 2 heterocycles. The molecule has 1 aliphatic rings. The van der Waals surface area contributed by atoms with Crippen molar-refractivity contribution in [3.8, 4) is 5.75 Å². The number of methoxy groups -OCH3 is 1. The normalized spacial score (nSPS) is 13.4. The van der Waals surface area contributed by atoms with E-state index in [1.165, 1.54) is 34.3 Å². The molecule has 2 aromatic heterocycles. The molecule has 0 saturated carbocycles. The minimum Gasteiger partial charge on any atom is -0.496 e. The molecule has 0 radical (unpaired) electrons. The summed E-state index contributed by atoms with van der Waals surface area (Å²) in [4.78, 5) is 19.6. The van der Waals surface area contributed by atoms with E-state index in [9.17, 15) is 9.18 Å². The standard InChI is InChI=1S/C18H17FN2O2S2/c1-21-17(22)15-12-4-3-5-14(12)25-16(15)20-18(21)24-9-10-8-11(19)6-7-13(10)23-2/h6-8H,3-5,9H2,1-2H3. The number of ether oxygens (including phenoxy) is 1. The number of thiophene rings is 1. The van der Waals surface area contributed by atoms with Crippen molar-refractivity contribution < 1.29 is 9.13 Å². The third-order valence-electron chi connectivity index (χ3n) is 4.50. The van der Waals surface area contributed by atoms with Crippen molar-refractivity contribution in [2.45, 2.75) is 30.2 Å². The van der Waals surface area contributed by atoms with Gasteiger partial charge in [0.05, 0.1) is 12.5 Å². The lowest BCUT2D eigenvalue weighted by molar-refractivity contribution is 0.410. The molecule has 3 aromatic rings. The molecule has 0 aliphatic heterocycles. The number of nitrogens with zero attached hydrogens (tertiary/aromatic N) is 2. The van der Waals surface area contributed by atoms with Crippen LogP contribution in [0.1, 0.15) is 22.4 Å². The maximum absolute atomic E-state index is 13.5. The van der Waals surface area contributed by atoms with Gasteiger partial charge in [0, 0.05) is 23.2 Å². The molecule has 130 valence electrons. The van der Waals surface area contributed by atoms with E-state index in [1.807, 2.05) is 0 Å². The average Bonchev–Trinajstić information content (AvgIpc) is 3.17. The number of hydrogen-bond donors (Lipinski definition) is 0. The summed E-state index contributed by atoms with van der Waals surface area (Å²) in [7, 11) is 3.31. The van der Waals surface area contributed by atoms with Gasteiger partial charge >= 0.3 is 0 Å². The second-order valence-electron chi connectivity index (χ2n) is 6.04. The van der Waals surface area contributed by atoms with Crippen LogP contribution in [-0.4, -0.2) is 16.7 Å². The SMILES string of the molecule is COc1ccc(F)cc1CSc1nc2sc3c(c2c(=O)n1C)CCC3. The summed E-state index contributed by atoms with van der Waals surface area (Å²) in [5.41, 5.74) is 1.95. The first-order chi connectivity index (χ1) is 12.1. The van der Waals surface area contributed by atoms with E-state index < -0.39 is 0 Å². The van der Waals surface area contributed by atoms with Crippen molar-refractivity contribution in [1.82, 2.24) is 9.55 Å². The van der Waals surface area contributed by atoms with Crippen LogP contribution in [0.25, 0.3) is 10.2 Å². The van der Waals surface area contributed by atoms with Crippen LogP contribution >= 0.6 is 23.1 Å². The first-order valence-corrected chi connectivity index (χ1v) is 9.85. The first-order valence-electron chi connectivity index (χ1n) is 8.05. The second kappa shape index (κ2) is 6.46. The Kier molecular flexibility index (Phi) is 4.29. The molecule has 0 N–H and O–H groups in total. The van der Waals surface area contributed by atoms with Gasteiger partial charge in [-0.25, -0.2) is 9.37 Å². The fourth-order valence-electron chi connectivity index (χ4n) is 3.24. The van der Waals surface area contributed by atoms with Gasteiger partial charge in [-0.15, -0.1) is 11.3 Å². The zero-order valence-corrected chi connectivity index (χ0v) is 15.6. The fourth-order valence-corrected chi connectivity index (χ4v) is 5.49. The van der Waals surface area contributed by atoms with Crippen LogP contribution in [0.2, 0.25) is 0 Å². The molecular weight excluding hydrogens is 359 g/mol. The Morgan fingerprint density at radius 1 is 1.40 bits per heavy atom. The van der Waals surface area contributed by atoms with Crippen molar-refractivity contribution >= 4 is 33.3 Å². The summed E-state index contributed by atoms with van der Waals surface area (Å²) in [5, 5.41) is 1.43. The molecule has 1 aliphatic carbocycles. The van der Waals surface area contributed by atoms with Crippen LogP contribution in [0.5, 0.6) is 5.75 Å². The van der Waals surface area contributed by atoms with E-state index >= 15 is 0 Å². The lowest BCUT2D eigenvalue weighted by Crippen LogP contribution is -2.20. The van der Waals surface area contributed by atoms with Crippen LogP contribution in [0, 0.1) is 5.82 Å². The van der Waals surface area contributed by atoms with Crippen LogP contribution < -0.4 is 10.3 Å². The Morgan fingerprint density at radius 2 is 2.24 bits per heavy atom. The van der Waals surface area contributed by atoms with Crippen LogP contribution in [0.3, 0.4) is 0 Å². The maximum atomic E-state index is 13.5. The molecular formula is C18H17FN2O2S2. The smallest absolute Gasteiger partial charge is 0.262 e. The highest BCUT2D eigenvalue weighted by Crippen LogP contribution is 2.36. The molecule has 0 unspecified atom stereocenters. The highest BCUT2D eigenvalue weighted by molar-refractivity contribution is 7.98. The Morgan fingerprint density at radius 3 is 3.04 bits per heavy atom. The number of rotatable bonds is 4. The van der Waals surface area contributed by atoms with E-state index in [4.69, 9.17) is 9.72 Å². The molecule has 0 spiro atoms. The van der Waals surface area contributed by atoms with Crippen LogP contribution in [0.15, 0.2) is 28.2 Å². The zero-order chi connectivity index (χ0) is 17.6. The van der Waals surface area contributed by atoms with Crippen molar-refractivity contribution in [3.63, 3.8) is 0 Å². The van der Waals surface area contributed by atoms with Gasteiger partial charge in [-0.2, -0.15) is 0 Å². The summed E-state index contributed by atoms with van der Waals surface area (Å²) in [5.74, 6) is 0.816. The van der Waals surface area contributed by atoms with E-state index in [2.05, 4.69) is 0 Å². The lowest BCUT2D eigenvalue weighted by atomic mass is 10.2. The minimum atomic E-state index is -0.302. The number of fused-ring (bicyclic) bond motifs is 3. The van der Waals surface area contributed by atoms with Crippen LogP contribution in [-0.2, 0) is 25.6 Å². The Labute approximate surface area is 152 Å². The number of aryl methyl sites for hydroxylation is 2. The second-order valence-corrected chi connectivity index (χ2v) is 8.07. The van der Waals surface area contributed by atoms with E-state index in [-0.39, 0.29) is 11.4 Å². The Hall–Kier alpha value is -1.86. The van der Waals surface area contributed by atoms with E-state index in [0.29, 0.717) is 16.7 Å².